The molecule has 74 valence electrons. The quantitative estimate of drug-likeness (QED) is 0.636. The molecule has 2 nitrogen and oxygen atoms in total. The Labute approximate surface area is 88.1 Å². The largest absolute Gasteiger partial charge is 0.311 e. The molecule has 2 heteroatoms. The second kappa shape index (κ2) is 2.60. The fourth-order valence-electron chi connectivity index (χ4n) is 2.28. The van der Waals surface area contributed by atoms with Crippen LogP contribution in [0.1, 0.15) is 15.9 Å². The predicted octanol–water partition coefficient (Wildman–Crippen LogP) is 2.74. The van der Waals surface area contributed by atoms with Gasteiger partial charge in [-0.05, 0) is 30.0 Å². The van der Waals surface area contributed by atoms with E-state index in [1.54, 1.807) is 4.90 Å². The third-order valence-corrected chi connectivity index (χ3v) is 3.13. The van der Waals surface area contributed by atoms with Crippen molar-refractivity contribution in [3.63, 3.8) is 0 Å². The molecule has 2 aromatic carbocycles. The summed E-state index contributed by atoms with van der Waals surface area (Å²) in [7, 11) is 1.83. The average Bonchev–Trinajstić information content (AvgIpc) is 2.50. The van der Waals surface area contributed by atoms with Crippen molar-refractivity contribution in [2.24, 2.45) is 0 Å². The highest BCUT2D eigenvalue weighted by atomic mass is 16.2. The Bertz CT molecular complexity index is 586. The summed E-state index contributed by atoms with van der Waals surface area (Å²) in [4.78, 5) is 13.6. The number of hydrogen-bond acceptors (Lipinski definition) is 1. The van der Waals surface area contributed by atoms with E-state index in [1.807, 2.05) is 31.3 Å². The van der Waals surface area contributed by atoms with Crippen molar-refractivity contribution in [2.45, 2.75) is 6.92 Å². The molecule has 1 aliphatic heterocycles. The molecule has 1 heterocycles. The molecular formula is C13H11NO. The van der Waals surface area contributed by atoms with Gasteiger partial charge in [-0.25, -0.2) is 0 Å². The molecule has 0 N–H and O–H groups in total. The van der Waals surface area contributed by atoms with Gasteiger partial charge in [0.1, 0.15) is 0 Å². The first kappa shape index (κ1) is 8.48. The van der Waals surface area contributed by atoms with Gasteiger partial charge in [0.2, 0.25) is 0 Å². The standard InChI is InChI=1S/C13H11NO/c1-8-6-7-10-12-9(8)4-3-5-11(12)14(2)13(10)15/h3-7H,1-2H3. The van der Waals surface area contributed by atoms with Crippen molar-refractivity contribution in [2.75, 3.05) is 11.9 Å². The number of aryl methyl sites for hydroxylation is 1. The van der Waals surface area contributed by atoms with Crippen LogP contribution in [0.5, 0.6) is 0 Å². The maximum absolute atomic E-state index is 11.9. The lowest BCUT2D eigenvalue weighted by Gasteiger charge is -2.09. The van der Waals surface area contributed by atoms with E-state index >= 15 is 0 Å². The number of rotatable bonds is 0. The van der Waals surface area contributed by atoms with Crippen molar-refractivity contribution in [3.8, 4) is 0 Å². The van der Waals surface area contributed by atoms with Crippen molar-refractivity contribution >= 4 is 22.4 Å². The van der Waals surface area contributed by atoms with Gasteiger partial charge in [-0.2, -0.15) is 0 Å². The van der Waals surface area contributed by atoms with Crippen LogP contribution in [-0.4, -0.2) is 13.0 Å². The molecule has 0 fully saturated rings. The van der Waals surface area contributed by atoms with Crippen LogP contribution >= 0.6 is 0 Å². The van der Waals surface area contributed by atoms with Crippen LogP contribution in [0.3, 0.4) is 0 Å². The van der Waals surface area contributed by atoms with Gasteiger partial charge in [0, 0.05) is 18.0 Å². The van der Waals surface area contributed by atoms with Gasteiger partial charge in [-0.3, -0.25) is 4.79 Å². The first-order valence-electron chi connectivity index (χ1n) is 5.00. The Kier molecular flexibility index (Phi) is 1.47. The first-order valence-corrected chi connectivity index (χ1v) is 5.00. The van der Waals surface area contributed by atoms with E-state index in [0.29, 0.717) is 0 Å². The summed E-state index contributed by atoms with van der Waals surface area (Å²) in [5.41, 5.74) is 3.07. The molecule has 3 rings (SSSR count). The summed E-state index contributed by atoms with van der Waals surface area (Å²) in [5.74, 6) is 0.0983. The zero-order chi connectivity index (χ0) is 10.6. The molecule has 0 aromatic heterocycles. The van der Waals surface area contributed by atoms with E-state index in [9.17, 15) is 4.79 Å². The number of anilines is 1. The second-order valence-electron chi connectivity index (χ2n) is 3.99. The molecule has 1 amide bonds. The summed E-state index contributed by atoms with van der Waals surface area (Å²) >= 11 is 0. The van der Waals surface area contributed by atoms with Gasteiger partial charge in [0.25, 0.3) is 5.91 Å². The van der Waals surface area contributed by atoms with Gasteiger partial charge in [0.05, 0.1) is 5.69 Å². The van der Waals surface area contributed by atoms with E-state index in [4.69, 9.17) is 0 Å². The van der Waals surface area contributed by atoms with Gasteiger partial charge in [-0.1, -0.05) is 18.2 Å². The molecule has 0 saturated carbocycles. The summed E-state index contributed by atoms with van der Waals surface area (Å²) in [5, 5.41) is 2.28. The molecule has 2 aromatic rings. The van der Waals surface area contributed by atoms with Gasteiger partial charge < -0.3 is 4.90 Å². The molecule has 15 heavy (non-hydrogen) atoms. The van der Waals surface area contributed by atoms with Gasteiger partial charge >= 0.3 is 0 Å². The molecule has 0 bridgehead atoms. The van der Waals surface area contributed by atoms with Crippen LogP contribution in [0.15, 0.2) is 30.3 Å². The highest BCUT2D eigenvalue weighted by Crippen LogP contribution is 2.37. The fraction of sp³-hybridized carbons (Fsp3) is 0.154. The molecular weight excluding hydrogens is 186 g/mol. The molecule has 0 radical (unpaired) electrons. The van der Waals surface area contributed by atoms with Crippen molar-refractivity contribution in [3.05, 3.63) is 41.5 Å². The minimum absolute atomic E-state index is 0.0983. The zero-order valence-electron chi connectivity index (χ0n) is 8.74. The maximum atomic E-state index is 11.9. The summed E-state index contributed by atoms with van der Waals surface area (Å²) in [6.07, 6.45) is 0. The lowest BCUT2D eigenvalue weighted by atomic mass is 10.0. The second-order valence-corrected chi connectivity index (χ2v) is 3.99. The molecule has 0 unspecified atom stereocenters. The van der Waals surface area contributed by atoms with Crippen LogP contribution in [0.4, 0.5) is 5.69 Å². The Morgan fingerprint density at radius 2 is 1.93 bits per heavy atom. The van der Waals surface area contributed by atoms with Crippen LogP contribution < -0.4 is 4.90 Å². The summed E-state index contributed by atoms with van der Waals surface area (Å²) in [6.45, 7) is 2.08. The number of nitrogens with zero attached hydrogens (tertiary/aromatic N) is 1. The molecule has 0 spiro atoms. The van der Waals surface area contributed by atoms with Crippen LogP contribution in [0.25, 0.3) is 10.8 Å². The average molecular weight is 197 g/mol. The lowest BCUT2D eigenvalue weighted by Crippen LogP contribution is -2.20. The zero-order valence-corrected chi connectivity index (χ0v) is 8.74. The van der Waals surface area contributed by atoms with Crippen LogP contribution in [-0.2, 0) is 0 Å². The van der Waals surface area contributed by atoms with E-state index in [0.717, 1.165) is 16.6 Å². The van der Waals surface area contributed by atoms with E-state index in [2.05, 4.69) is 13.0 Å². The normalized spacial score (nSPS) is 14.0. The highest BCUT2D eigenvalue weighted by molar-refractivity contribution is 6.25. The van der Waals surface area contributed by atoms with E-state index < -0.39 is 0 Å². The monoisotopic (exact) mass is 197 g/mol. The topological polar surface area (TPSA) is 20.3 Å². The number of benzene rings is 2. The number of hydrogen-bond donors (Lipinski definition) is 0. The minimum atomic E-state index is 0.0983. The lowest BCUT2D eigenvalue weighted by molar-refractivity contribution is 0.0999. The van der Waals surface area contributed by atoms with Crippen molar-refractivity contribution < 1.29 is 4.79 Å². The minimum Gasteiger partial charge on any atom is -0.311 e. The van der Waals surface area contributed by atoms with E-state index in [1.165, 1.54) is 10.9 Å². The fourth-order valence-corrected chi connectivity index (χ4v) is 2.28. The van der Waals surface area contributed by atoms with Crippen LogP contribution in [0.2, 0.25) is 0 Å². The Hall–Kier alpha value is -1.83. The molecule has 0 atom stereocenters. The maximum Gasteiger partial charge on any atom is 0.258 e. The molecule has 1 aliphatic rings. The summed E-state index contributed by atoms with van der Waals surface area (Å²) in [6, 6.07) is 10.0. The number of carbonyl (C=O) groups excluding carboxylic acids is 1. The predicted molar refractivity (Wildman–Crippen MR) is 61.4 cm³/mol. The first-order chi connectivity index (χ1) is 7.20. The number of amides is 1. The Balaban J connectivity index is 2.56. The van der Waals surface area contributed by atoms with Gasteiger partial charge in [0.15, 0.2) is 0 Å². The smallest absolute Gasteiger partial charge is 0.258 e. The third-order valence-electron chi connectivity index (χ3n) is 3.13. The van der Waals surface area contributed by atoms with Gasteiger partial charge in [-0.15, -0.1) is 0 Å². The van der Waals surface area contributed by atoms with Crippen LogP contribution in [0, 0.1) is 6.92 Å². The van der Waals surface area contributed by atoms with Crippen molar-refractivity contribution in [1.29, 1.82) is 0 Å². The highest BCUT2D eigenvalue weighted by Gasteiger charge is 2.26. The SMILES string of the molecule is Cc1ccc2c3c(cccc13)N(C)C2=O. The van der Waals surface area contributed by atoms with Crippen molar-refractivity contribution in [1.82, 2.24) is 0 Å². The Morgan fingerprint density at radius 1 is 1.13 bits per heavy atom. The third kappa shape index (κ3) is 0.911. The molecule has 0 aliphatic carbocycles. The summed E-state index contributed by atoms with van der Waals surface area (Å²) < 4.78 is 0. The molecule has 0 saturated heterocycles. The van der Waals surface area contributed by atoms with E-state index in [-0.39, 0.29) is 5.91 Å². The number of carbonyl (C=O) groups is 1. The Morgan fingerprint density at radius 3 is 2.73 bits per heavy atom.